The highest BCUT2D eigenvalue weighted by Gasteiger charge is 2.40. The maximum absolute atomic E-state index is 14.9. The topological polar surface area (TPSA) is 58.6 Å². The van der Waals surface area contributed by atoms with E-state index < -0.39 is 23.7 Å². The normalized spacial score (nSPS) is 19.6. The van der Waals surface area contributed by atoms with Crippen molar-refractivity contribution in [2.45, 2.75) is 64.5 Å². The molecule has 0 bridgehead atoms. The van der Waals surface area contributed by atoms with Crippen LogP contribution in [0.4, 0.5) is 10.1 Å². The molecule has 5 rings (SSSR count). The Kier molecular flexibility index (Phi) is 8.22. The summed E-state index contributed by atoms with van der Waals surface area (Å²) in [5, 5.41) is 3.57. The van der Waals surface area contributed by atoms with Gasteiger partial charge >= 0.3 is 0 Å². The number of halogens is 2. The first-order chi connectivity index (χ1) is 18.8. The third-order valence-electron chi connectivity index (χ3n) is 7.93. The molecule has 1 heterocycles. The number of nitrogens with zero attached hydrogens (tertiary/aromatic N) is 1. The number of aryl methyl sites for hydroxylation is 2. The van der Waals surface area contributed by atoms with Gasteiger partial charge in [0.1, 0.15) is 11.6 Å². The molecule has 0 radical (unpaired) electrons. The second-order valence-electron chi connectivity index (χ2n) is 10.7. The van der Waals surface area contributed by atoms with E-state index in [4.69, 9.17) is 16.3 Å². The molecule has 2 atom stereocenters. The zero-order valence-corrected chi connectivity index (χ0v) is 23.1. The standard InChI is InChI=1S/C32H34ClFN2O3/c1-20-12-15-23(19-27(20)33)35-31(37)26-10-6-18-36(32(38)29-21(2)7-5-11-28(29)34)30(26)22-13-16-25(17-14-22)39-24-8-3-4-9-24/h5,7,11-17,19,24,26,30H,3-4,6,8-10,18H2,1-2H3,(H,35,37)/t26-,30?/m0/s1. The first kappa shape index (κ1) is 27.2. The van der Waals surface area contributed by atoms with Crippen LogP contribution >= 0.6 is 11.6 Å². The second kappa shape index (κ2) is 11.8. The Labute approximate surface area is 234 Å². The van der Waals surface area contributed by atoms with E-state index in [0.717, 1.165) is 29.7 Å². The molecular formula is C32H34ClFN2O3. The quantitative estimate of drug-likeness (QED) is 0.344. The number of hydrogen-bond donors (Lipinski definition) is 1. The van der Waals surface area contributed by atoms with Crippen LogP contribution in [0.2, 0.25) is 5.02 Å². The third-order valence-corrected chi connectivity index (χ3v) is 8.34. The highest BCUT2D eigenvalue weighted by atomic mass is 35.5. The van der Waals surface area contributed by atoms with Gasteiger partial charge in [-0.05, 0) is 99.4 Å². The molecule has 0 aromatic heterocycles. The van der Waals surface area contributed by atoms with Crippen molar-refractivity contribution >= 4 is 29.1 Å². The van der Waals surface area contributed by atoms with Gasteiger partial charge in [-0.15, -0.1) is 0 Å². The van der Waals surface area contributed by atoms with Crippen LogP contribution in [-0.2, 0) is 4.79 Å². The van der Waals surface area contributed by atoms with Gasteiger partial charge in [0.15, 0.2) is 0 Å². The van der Waals surface area contributed by atoms with Crippen molar-refractivity contribution in [2.24, 2.45) is 5.92 Å². The molecular weight excluding hydrogens is 515 g/mol. The molecule has 1 aliphatic heterocycles. The van der Waals surface area contributed by atoms with Crippen LogP contribution in [0, 0.1) is 25.6 Å². The van der Waals surface area contributed by atoms with Crippen molar-refractivity contribution in [1.82, 2.24) is 4.90 Å². The van der Waals surface area contributed by atoms with Crippen molar-refractivity contribution in [3.8, 4) is 5.75 Å². The number of likely N-dealkylation sites (tertiary alicyclic amines) is 1. The van der Waals surface area contributed by atoms with Gasteiger partial charge in [0.2, 0.25) is 5.91 Å². The number of ether oxygens (including phenoxy) is 1. The molecule has 3 aromatic carbocycles. The smallest absolute Gasteiger partial charge is 0.257 e. The molecule has 1 N–H and O–H groups in total. The lowest BCUT2D eigenvalue weighted by atomic mass is 9.83. The molecule has 7 heteroatoms. The van der Waals surface area contributed by atoms with Gasteiger partial charge in [0.05, 0.1) is 23.6 Å². The van der Waals surface area contributed by atoms with Crippen LogP contribution in [0.15, 0.2) is 60.7 Å². The minimum absolute atomic E-state index is 0.0510. The van der Waals surface area contributed by atoms with E-state index in [0.29, 0.717) is 35.7 Å². The van der Waals surface area contributed by atoms with Gasteiger partial charge < -0.3 is 15.0 Å². The summed E-state index contributed by atoms with van der Waals surface area (Å²) in [4.78, 5) is 29.2. The summed E-state index contributed by atoms with van der Waals surface area (Å²) in [7, 11) is 0. The van der Waals surface area contributed by atoms with Crippen molar-refractivity contribution in [3.05, 3.63) is 93.8 Å². The monoisotopic (exact) mass is 548 g/mol. The molecule has 0 spiro atoms. The lowest BCUT2D eigenvalue weighted by Gasteiger charge is -2.41. The van der Waals surface area contributed by atoms with Gasteiger partial charge in [0.25, 0.3) is 5.91 Å². The molecule has 204 valence electrons. The lowest BCUT2D eigenvalue weighted by molar-refractivity contribution is -0.123. The third kappa shape index (κ3) is 5.96. The van der Waals surface area contributed by atoms with Gasteiger partial charge in [-0.25, -0.2) is 4.39 Å². The van der Waals surface area contributed by atoms with Crippen LogP contribution in [0.5, 0.6) is 5.75 Å². The summed E-state index contributed by atoms with van der Waals surface area (Å²) in [6.45, 7) is 4.06. The van der Waals surface area contributed by atoms with Crippen molar-refractivity contribution < 1.29 is 18.7 Å². The number of benzene rings is 3. The number of hydrogen-bond acceptors (Lipinski definition) is 3. The highest BCUT2D eigenvalue weighted by Crippen LogP contribution is 2.39. The fourth-order valence-electron chi connectivity index (χ4n) is 5.80. The van der Waals surface area contributed by atoms with Crippen molar-refractivity contribution in [2.75, 3.05) is 11.9 Å². The van der Waals surface area contributed by atoms with Gasteiger partial charge in [-0.3, -0.25) is 9.59 Å². The summed E-state index contributed by atoms with van der Waals surface area (Å²) < 4.78 is 21.0. The zero-order valence-electron chi connectivity index (χ0n) is 22.4. The molecule has 1 unspecified atom stereocenters. The summed E-state index contributed by atoms with van der Waals surface area (Å²) in [6.07, 6.45) is 5.93. The molecule has 5 nitrogen and oxygen atoms in total. The molecule has 1 saturated heterocycles. The summed E-state index contributed by atoms with van der Waals surface area (Å²) in [5.41, 5.74) is 2.96. The summed E-state index contributed by atoms with van der Waals surface area (Å²) in [5.74, 6) is -0.914. The maximum atomic E-state index is 14.9. The number of piperidine rings is 1. The first-order valence-electron chi connectivity index (χ1n) is 13.7. The second-order valence-corrected chi connectivity index (χ2v) is 11.1. The van der Waals surface area contributed by atoms with Crippen LogP contribution in [0.1, 0.15) is 71.6 Å². The van der Waals surface area contributed by atoms with Crippen LogP contribution in [-0.4, -0.2) is 29.4 Å². The number of amides is 2. The summed E-state index contributed by atoms with van der Waals surface area (Å²) in [6, 6.07) is 17.2. The predicted molar refractivity (Wildman–Crippen MR) is 152 cm³/mol. The average Bonchev–Trinajstić information content (AvgIpc) is 3.44. The predicted octanol–water partition coefficient (Wildman–Crippen LogP) is 7.65. The molecule has 2 aliphatic rings. The fraction of sp³-hybridized carbons (Fsp3) is 0.375. The Bertz CT molecular complexity index is 1330. The minimum Gasteiger partial charge on any atom is -0.490 e. The zero-order chi connectivity index (χ0) is 27.5. The minimum atomic E-state index is -0.563. The molecule has 2 amide bonds. The molecule has 3 aromatic rings. The average molecular weight is 549 g/mol. The van der Waals surface area contributed by atoms with Crippen LogP contribution < -0.4 is 10.1 Å². The number of carbonyl (C=O) groups is 2. The Morgan fingerprint density at radius 3 is 2.38 bits per heavy atom. The maximum Gasteiger partial charge on any atom is 0.257 e. The van der Waals surface area contributed by atoms with E-state index in [2.05, 4.69) is 5.32 Å². The molecule has 2 fully saturated rings. The van der Waals surface area contributed by atoms with Gasteiger partial charge in [-0.1, -0.05) is 41.9 Å². The SMILES string of the molecule is Cc1ccc(NC(=O)[C@H]2CCCN(C(=O)c3c(C)cccc3F)C2c2ccc(OC3CCCC3)cc2)cc1Cl. The number of anilines is 1. The number of carbonyl (C=O) groups excluding carboxylic acids is 2. The molecule has 39 heavy (non-hydrogen) atoms. The summed E-state index contributed by atoms with van der Waals surface area (Å²) >= 11 is 6.29. The number of nitrogens with one attached hydrogen (secondary N) is 1. The van der Waals surface area contributed by atoms with Gasteiger partial charge in [0, 0.05) is 17.3 Å². The Morgan fingerprint density at radius 2 is 1.69 bits per heavy atom. The van der Waals surface area contributed by atoms with E-state index in [1.165, 1.54) is 18.9 Å². The van der Waals surface area contributed by atoms with E-state index in [1.54, 1.807) is 30.0 Å². The van der Waals surface area contributed by atoms with E-state index in [1.807, 2.05) is 43.3 Å². The van der Waals surface area contributed by atoms with Crippen LogP contribution in [0.25, 0.3) is 0 Å². The van der Waals surface area contributed by atoms with Crippen molar-refractivity contribution in [1.29, 1.82) is 0 Å². The lowest BCUT2D eigenvalue weighted by Crippen LogP contribution is -2.46. The number of rotatable bonds is 6. The van der Waals surface area contributed by atoms with E-state index in [9.17, 15) is 14.0 Å². The van der Waals surface area contributed by atoms with Gasteiger partial charge in [-0.2, -0.15) is 0 Å². The van der Waals surface area contributed by atoms with E-state index >= 15 is 0 Å². The molecule has 1 saturated carbocycles. The Morgan fingerprint density at radius 1 is 0.949 bits per heavy atom. The van der Waals surface area contributed by atoms with Crippen LogP contribution in [0.3, 0.4) is 0 Å². The Balaban J connectivity index is 1.47. The fourth-order valence-corrected chi connectivity index (χ4v) is 5.99. The van der Waals surface area contributed by atoms with Crippen molar-refractivity contribution in [3.63, 3.8) is 0 Å². The Hall–Kier alpha value is -3.38. The van der Waals surface area contributed by atoms with E-state index in [-0.39, 0.29) is 17.6 Å². The largest absolute Gasteiger partial charge is 0.490 e. The highest BCUT2D eigenvalue weighted by molar-refractivity contribution is 6.31. The first-order valence-corrected chi connectivity index (χ1v) is 14.1. The molecule has 1 aliphatic carbocycles.